The van der Waals surface area contributed by atoms with E-state index in [0.29, 0.717) is 26.1 Å². The predicted molar refractivity (Wildman–Crippen MR) is 67.4 cm³/mol. The third-order valence-corrected chi connectivity index (χ3v) is 3.12. The van der Waals surface area contributed by atoms with E-state index >= 15 is 0 Å². The number of hydrogen-bond acceptors (Lipinski definition) is 5. The molecule has 0 atom stereocenters. The summed E-state index contributed by atoms with van der Waals surface area (Å²) in [5, 5.41) is 10.5. The van der Waals surface area contributed by atoms with E-state index in [0.717, 1.165) is 0 Å². The largest absolute Gasteiger partial charge is 0.459 e. The van der Waals surface area contributed by atoms with Gasteiger partial charge in [0.15, 0.2) is 0 Å². The van der Waals surface area contributed by atoms with Crippen molar-refractivity contribution in [3.05, 3.63) is 38.9 Å². The Kier molecular flexibility index (Phi) is 4.34. The molecular weight excluding hydrogens is 274 g/mol. The lowest BCUT2D eigenvalue weighted by atomic mass is 10.1. The zero-order chi connectivity index (χ0) is 13.8. The van der Waals surface area contributed by atoms with Crippen LogP contribution in [0, 0.1) is 10.1 Å². The van der Waals surface area contributed by atoms with E-state index in [9.17, 15) is 14.9 Å². The van der Waals surface area contributed by atoms with Crippen LogP contribution in [0.1, 0.15) is 23.2 Å². The van der Waals surface area contributed by atoms with Gasteiger partial charge in [0, 0.05) is 18.9 Å². The third kappa shape index (κ3) is 3.42. The summed E-state index contributed by atoms with van der Waals surface area (Å²) < 4.78 is 10.4. The summed E-state index contributed by atoms with van der Waals surface area (Å²) in [6.07, 6.45) is 1.15. The Bertz CT molecular complexity index is 499. The Morgan fingerprint density at radius 3 is 2.68 bits per heavy atom. The molecule has 0 aromatic heterocycles. The van der Waals surface area contributed by atoms with Crippen molar-refractivity contribution in [2.24, 2.45) is 0 Å². The number of nitrogens with zero attached hydrogens (tertiary/aromatic N) is 1. The van der Waals surface area contributed by atoms with Crippen LogP contribution in [0.25, 0.3) is 0 Å². The second-order valence-electron chi connectivity index (χ2n) is 4.14. The maximum atomic E-state index is 11.9. The van der Waals surface area contributed by atoms with E-state index < -0.39 is 10.9 Å². The van der Waals surface area contributed by atoms with Gasteiger partial charge in [-0.2, -0.15) is 0 Å². The molecule has 2 rings (SSSR count). The van der Waals surface area contributed by atoms with Crippen LogP contribution < -0.4 is 0 Å². The van der Waals surface area contributed by atoms with Gasteiger partial charge in [-0.25, -0.2) is 4.79 Å². The molecule has 0 radical (unpaired) electrons. The molecule has 6 nitrogen and oxygen atoms in total. The molecule has 1 aromatic rings. The number of hydrogen-bond donors (Lipinski definition) is 0. The highest BCUT2D eigenvalue weighted by molar-refractivity contribution is 6.33. The van der Waals surface area contributed by atoms with Crippen molar-refractivity contribution in [2.75, 3.05) is 13.2 Å². The van der Waals surface area contributed by atoms with Gasteiger partial charge in [0.05, 0.1) is 23.7 Å². The topological polar surface area (TPSA) is 78.7 Å². The average molecular weight is 286 g/mol. The quantitative estimate of drug-likeness (QED) is 0.484. The van der Waals surface area contributed by atoms with Crippen LogP contribution in [0.5, 0.6) is 0 Å². The summed E-state index contributed by atoms with van der Waals surface area (Å²) in [4.78, 5) is 21.9. The van der Waals surface area contributed by atoms with E-state index in [-0.39, 0.29) is 22.4 Å². The lowest BCUT2D eigenvalue weighted by Gasteiger charge is -2.22. The van der Waals surface area contributed by atoms with Crippen molar-refractivity contribution >= 4 is 23.3 Å². The molecule has 0 unspecified atom stereocenters. The Morgan fingerprint density at radius 1 is 1.42 bits per heavy atom. The van der Waals surface area contributed by atoms with Gasteiger partial charge in [-0.1, -0.05) is 11.6 Å². The fourth-order valence-corrected chi connectivity index (χ4v) is 2.04. The molecule has 1 aromatic carbocycles. The average Bonchev–Trinajstić information content (AvgIpc) is 2.39. The highest BCUT2D eigenvalue weighted by Gasteiger charge is 2.21. The summed E-state index contributed by atoms with van der Waals surface area (Å²) in [7, 11) is 0. The molecule has 0 amide bonds. The van der Waals surface area contributed by atoms with Crippen LogP contribution in [0.15, 0.2) is 18.2 Å². The number of esters is 1. The van der Waals surface area contributed by atoms with Crippen LogP contribution in [0.2, 0.25) is 5.02 Å². The number of nitro benzene ring substituents is 1. The maximum Gasteiger partial charge on any atom is 0.338 e. The first-order valence-corrected chi connectivity index (χ1v) is 6.18. The van der Waals surface area contributed by atoms with Crippen molar-refractivity contribution in [1.82, 2.24) is 0 Å². The van der Waals surface area contributed by atoms with E-state index in [2.05, 4.69) is 0 Å². The second kappa shape index (κ2) is 5.99. The van der Waals surface area contributed by atoms with E-state index in [1.807, 2.05) is 0 Å². The first-order chi connectivity index (χ1) is 9.08. The molecule has 1 heterocycles. The highest BCUT2D eigenvalue weighted by Crippen LogP contribution is 2.25. The normalized spacial score (nSPS) is 16.1. The molecule has 1 saturated heterocycles. The smallest absolute Gasteiger partial charge is 0.338 e. The lowest BCUT2D eigenvalue weighted by molar-refractivity contribution is -0.384. The minimum absolute atomic E-state index is 0.0774. The minimum atomic E-state index is -0.601. The van der Waals surface area contributed by atoms with E-state index in [4.69, 9.17) is 21.1 Å². The number of halogens is 1. The molecule has 0 N–H and O–H groups in total. The zero-order valence-electron chi connectivity index (χ0n) is 10.0. The van der Waals surface area contributed by atoms with Gasteiger partial charge < -0.3 is 9.47 Å². The van der Waals surface area contributed by atoms with Crippen LogP contribution in [0.4, 0.5) is 5.69 Å². The Hall–Kier alpha value is -1.66. The summed E-state index contributed by atoms with van der Waals surface area (Å²) in [5.41, 5.74) is -0.0219. The molecular formula is C12H12ClNO5. The molecule has 7 heteroatoms. The molecule has 1 aliphatic rings. The monoisotopic (exact) mass is 285 g/mol. The van der Waals surface area contributed by atoms with Gasteiger partial charge in [-0.15, -0.1) is 0 Å². The Morgan fingerprint density at radius 2 is 2.11 bits per heavy atom. The maximum absolute atomic E-state index is 11.9. The molecule has 0 bridgehead atoms. The Balaban J connectivity index is 2.06. The third-order valence-electron chi connectivity index (χ3n) is 2.82. The lowest BCUT2D eigenvalue weighted by Crippen LogP contribution is -2.26. The number of ether oxygens (including phenoxy) is 2. The van der Waals surface area contributed by atoms with Crippen LogP contribution in [-0.2, 0) is 9.47 Å². The first-order valence-electron chi connectivity index (χ1n) is 5.80. The van der Waals surface area contributed by atoms with Gasteiger partial charge in [0.25, 0.3) is 5.69 Å². The first kappa shape index (κ1) is 13.8. The van der Waals surface area contributed by atoms with Gasteiger partial charge in [0.1, 0.15) is 11.1 Å². The summed E-state index contributed by atoms with van der Waals surface area (Å²) >= 11 is 5.74. The fourth-order valence-electron chi connectivity index (χ4n) is 1.80. The second-order valence-corrected chi connectivity index (χ2v) is 4.55. The zero-order valence-corrected chi connectivity index (χ0v) is 10.8. The predicted octanol–water partition coefficient (Wildman–Crippen LogP) is 2.58. The number of carbonyl (C=O) groups is 1. The Labute approximate surface area is 114 Å². The standard InChI is InChI=1S/C12H12ClNO5/c13-10-7-8(1-2-11(10)14(16)17)12(15)19-9-3-5-18-6-4-9/h1-2,7,9H,3-6H2. The summed E-state index contributed by atoms with van der Waals surface area (Å²) in [6, 6.07) is 3.79. The number of rotatable bonds is 3. The van der Waals surface area contributed by atoms with Crippen molar-refractivity contribution in [1.29, 1.82) is 0 Å². The molecule has 102 valence electrons. The van der Waals surface area contributed by atoms with Gasteiger partial charge in [-0.05, 0) is 12.1 Å². The van der Waals surface area contributed by atoms with Gasteiger partial charge in [0.2, 0.25) is 0 Å². The van der Waals surface area contributed by atoms with Crippen LogP contribution in [0.3, 0.4) is 0 Å². The molecule has 1 aliphatic heterocycles. The van der Waals surface area contributed by atoms with Crippen LogP contribution in [-0.4, -0.2) is 30.2 Å². The molecule has 19 heavy (non-hydrogen) atoms. The molecule has 0 spiro atoms. The molecule has 1 fully saturated rings. The summed E-state index contributed by atoms with van der Waals surface area (Å²) in [5.74, 6) is -0.524. The number of nitro groups is 1. The minimum Gasteiger partial charge on any atom is -0.459 e. The fraction of sp³-hybridized carbons (Fsp3) is 0.417. The van der Waals surface area contributed by atoms with Crippen molar-refractivity contribution in [2.45, 2.75) is 18.9 Å². The van der Waals surface area contributed by atoms with Crippen molar-refractivity contribution in [3.63, 3.8) is 0 Å². The summed E-state index contributed by atoms with van der Waals surface area (Å²) in [6.45, 7) is 1.14. The van der Waals surface area contributed by atoms with Crippen molar-refractivity contribution < 1.29 is 19.2 Å². The highest BCUT2D eigenvalue weighted by atomic mass is 35.5. The van der Waals surface area contributed by atoms with Gasteiger partial charge in [-0.3, -0.25) is 10.1 Å². The van der Waals surface area contributed by atoms with Crippen LogP contribution >= 0.6 is 11.6 Å². The van der Waals surface area contributed by atoms with E-state index in [1.54, 1.807) is 0 Å². The molecule has 0 saturated carbocycles. The number of benzene rings is 1. The van der Waals surface area contributed by atoms with Gasteiger partial charge >= 0.3 is 5.97 Å². The number of carbonyl (C=O) groups excluding carboxylic acids is 1. The molecule has 0 aliphatic carbocycles. The van der Waals surface area contributed by atoms with E-state index in [1.165, 1.54) is 18.2 Å². The van der Waals surface area contributed by atoms with Crippen molar-refractivity contribution in [3.8, 4) is 0 Å². The SMILES string of the molecule is O=C(OC1CCOCC1)c1ccc([N+](=O)[O-])c(Cl)c1.